The van der Waals surface area contributed by atoms with E-state index in [4.69, 9.17) is 16.3 Å². The standard InChI is InChI=1S/C20H24ClN3O3/c1-14(15-6-4-7-16(21)10-15)22-12-20(26)24(2)13-19(25)23-17-8-5-9-18(11-17)27-3/h4-11,14,22H,12-13H2,1-3H3,(H,23,25)/p+1/t14-/m0/s1. The van der Waals surface area contributed by atoms with Crippen molar-refractivity contribution in [3.63, 3.8) is 0 Å². The lowest BCUT2D eigenvalue weighted by Gasteiger charge is -2.18. The topological polar surface area (TPSA) is 75.2 Å². The van der Waals surface area contributed by atoms with Gasteiger partial charge in [0.25, 0.3) is 5.91 Å². The number of benzene rings is 2. The van der Waals surface area contributed by atoms with E-state index < -0.39 is 0 Å². The van der Waals surface area contributed by atoms with Crippen molar-refractivity contribution in [1.82, 2.24) is 4.90 Å². The molecule has 2 amide bonds. The van der Waals surface area contributed by atoms with Gasteiger partial charge in [-0.1, -0.05) is 29.8 Å². The van der Waals surface area contributed by atoms with E-state index in [-0.39, 0.29) is 30.9 Å². The van der Waals surface area contributed by atoms with Crippen LogP contribution in [0.25, 0.3) is 0 Å². The molecule has 2 aromatic carbocycles. The number of likely N-dealkylation sites (N-methyl/N-ethyl adjacent to an activating group) is 1. The Morgan fingerprint density at radius 1 is 1.22 bits per heavy atom. The molecule has 2 aromatic rings. The average molecular weight is 391 g/mol. The minimum absolute atomic E-state index is 0.0184. The number of quaternary nitrogens is 1. The van der Waals surface area contributed by atoms with E-state index >= 15 is 0 Å². The summed E-state index contributed by atoms with van der Waals surface area (Å²) in [5.41, 5.74) is 1.68. The molecule has 0 aliphatic carbocycles. The van der Waals surface area contributed by atoms with Crippen molar-refractivity contribution >= 4 is 29.1 Å². The number of nitrogens with two attached hydrogens (primary N) is 1. The smallest absolute Gasteiger partial charge is 0.277 e. The molecule has 2 rings (SSSR count). The predicted molar refractivity (Wildman–Crippen MR) is 106 cm³/mol. The zero-order valence-corrected chi connectivity index (χ0v) is 16.5. The molecule has 0 aliphatic heterocycles. The highest BCUT2D eigenvalue weighted by Crippen LogP contribution is 2.16. The zero-order valence-electron chi connectivity index (χ0n) is 15.7. The van der Waals surface area contributed by atoms with Gasteiger partial charge in [-0.05, 0) is 31.2 Å². The number of rotatable bonds is 8. The normalized spacial score (nSPS) is 11.6. The van der Waals surface area contributed by atoms with Crippen LogP contribution in [0.3, 0.4) is 0 Å². The Kier molecular flexibility index (Phi) is 7.64. The molecular formula is C20H25ClN3O3+. The highest BCUT2D eigenvalue weighted by molar-refractivity contribution is 6.30. The van der Waals surface area contributed by atoms with Gasteiger partial charge in [0.05, 0.1) is 13.7 Å². The van der Waals surface area contributed by atoms with Crippen LogP contribution in [0, 0.1) is 0 Å². The summed E-state index contributed by atoms with van der Waals surface area (Å²) < 4.78 is 5.13. The molecule has 0 saturated heterocycles. The summed E-state index contributed by atoms with van der Waals surface area (Å²) in [5.74, 6) is 0.272. The van der Waals surface area contributed by atoms with E-state index in [0.717, 1.165) is 5.56 Å². The molecule has 0 unspecified atom stereocenters. The quantitative estimate of drug-likeness (QED) is 0.724. The number of halogens is 1. The monoisotopic (exact) mass is 390 g/mol. The number of nitrogens with zero attached hydrogens (tertiary/aromatic N) is 1. The first-order chi connectivity index (χ1) is 12.9. The largest absolute Gasteiger partial charge is 0.497 e. The van der Waals surface area contributed by atoms with Crippen molar-refractivity contribution in [2.75, 3.05) is 32.6 Å². The van der Waals surface area contributed by atoms with Gasteiger partial charge in [0.2, 0.25) is 5.91 Å². The second kappa shape index (κ2) is 9.94. The van der Waals surface area contributed by atoms with Gasteiger partial charge >= 0.3 is 0 Å². The van der Waals surface area contributed by atoms with Crippen LogP contribution in [-0.4, -0.2) is 44.0 Å². The Balaban J connectivity index is 1.81. The zero-order chi connectivity index (χ0) is 19.8. The number of carbonyl (C=O) groups is 2. The highest BCUT2D eigenvalue weighted by Gasteiger charge is 2.17. The summed E-state index contributed by atoms with van der Waals surface area (Å²) in [6.45, 7) is 2.24. The van der Waals surface area contributed by atoms with E-state index in [0.29, 0.717) is 16.5 Å². The molecule has 0 heterocycles. The van der Waals surface area contributed by atoms with Crippen LogP contribution >= 0.6 is 11.6 Å². The molecule has 0 fully saturated rings. The molecule has 144 valence electrons. The third-order valence-corrected chi connectivity index (χ3v) is 4.42. The van der Waals surface area contributed by atoms with Crippen LogP contribution in [0.15, 0.2) is 48.5 Å². The third kappa shape index (κ3) is 6.58. The van der Waals surface area contributed by atoms with Crippen LogP contribution < -0.4 is 15.4 Å². The predicted octanol–water partition coefficient (Wildman–Crippen LogP) is 2.07. The first kappa shape index (κ1) is 20.7. The third-order valence-electron chi connectivity index (χ3n) is 4.18. The second-order valence-corrected chi connectivity index (χ2v) is 6.75. The Bertz CT molecular complexity index is 798. The maximum Gasteiger partial charge on any atom is 0.277 e. The summed E-state index contributed by atoms with van der Waals surface area (Å²) in [6.07, 6.45) is 0. The Labute approximate surface area is 164 Å². The maximum absolute atomic E-state index is 12.3. The van der Waals surface area contributed by atoms with Gasteiger partial charge in [-0.25, -0.2) is 0 Å². The molecule has 0 spiro atoms. The summed E-state index contributed by atoms with van der Waals surface area (Å²) in [5, 5.41) is 5.35. The highest BCUT2D eigenvalue weighted by atomic mass is 35.5. The second-order valence-electron chi connectivity index (χ2n) is 6.31. The van der Waals surface area contributed by atoms with Crippen molar-refractivity contribution in [2.24, 2.45) is 0 Å². The summed E-state index contributed by atoms with van der Waals surface area (Å²) in [7, 11) is 3.18. The first-order valence-corrected chi connectivity index (χ1v) is 9.03. The minimum Gasteiger partial charge on any atom is -0.497 e. The van der Waals surface area contributed by atoms with Crippen LogP contribution in [0.5, 0.6) is 5.75 Å². The molecule has 0 saturated carbocycles. The van der Waals surface area contributed by atoms with Gasteiger partial charge in [-0.15, -0.1) is 0 Å². The Morgan fingerprint density at radius 2 is 1.96 bits per heavy atom. The number of carbonyl (C=O) groups excluding carboxylic acids is 2. The van der Waals surface area contributed by atoms with Gasteiger partial charge < -0.3 is 20.3 Å². The molecule has 0 radical (unpaired) electrons. The lowest BCUT2D eigenvalue weighted by Crippen LogP contribution is -2.87. The van der Waals surface area contributed by atoms with E-state index in [1.165, 1.54) is 4.90 Å². The van der Waals surface area contributed by atoms with Crippen LogP contribution in [0.1, 0.15) is 18.5 Å². The van der Waals surface area contributed by atoms with E-state index in [1.54, 1.807) is 38.4 Å². The summed E-state index contributed by atoms with van der Waals surface area (Å²) >= 11 is 6.00. The number of hydrogen-bond acceptors (Lipinski definition) is 3. The number of ether oxygens (including phenoxy) is 1. The molecule has 0 aliphatic rings. The minimum atomic E-state index is -0.262. The van der Waals surface area contributed by atoms with Crippen molar-refractivity contribution in [1.29, 1.82) is 0 Å². The summed E-state index contributed by atoms with van der Waals surface area (Å²) in [6, 6.07) is 14.7. The fourth-order valence-electron chi connectivity index (χ4n) is 2.56. The van der Waals surface area contributed by atoms with Gasteiger partial charge in [0.1, 0.15) is 11.8 Å². The number of amides is 2. The van der Waals surface area contributed by atoms with Gasteiger partial charge in [-0.3, -0.25) is 9.59 Å². The molecule has 6 nitrogen and oxygen atoms in total. The van der Waals surface area contributed by atoms with Crippen molar-refractivity contribution in [2.45, 2.75) is 13.0 Å². The average Bonchev–Trinajstić information content (AvgIpc) is 2.65. The van der Waals surface area contributed by atoms with E-state index in [9.17, 15) is 9.59 Å². The number of methoxy groups -OCH3 is 1. The van der Waals surface area contributed by atoms with Crippen molar-refractivity contribution < 1.29 is 19.6 Å². The number of hydrogen-bond donors (Lipinski definition) is 2. The fourth-order valence-corrected chi connectivity index (χ4v) is 2.76. The van der Waals surface area contributed by atoms with E-state index in [1.807, 2.05) is 36.5 Å². The van der Waals surface area contributed by atoms with Crippen LogP contribution in [-0.2, 0) is 9.59 Å². The lowest BCUT2D eigenvalue weighted by molar-refractivity contribution is -0.683. The lowest BCUT2D eigenvalue weighted by atomic mass is 10.1. The van der Waals surface area contributed by atoms with Gasteiger partial charge in [0, 0.05) is 29.4 Å². The molecule has 0 aromatic heterocycles. The molecule has 7 heteroatoms. The number of nitrogens with one attached hydrogen (secondary N) is 1. The number of anilines is 1. The summed E-state index contributed by atoms with van der Waals surface area (Å²) in [4.78, 5) is 25.9. The molecule has 27 heavy (non-hydrogen) atoms. The SMILES string of the molecule is COc1cccc(NC(=O)CN(C)C(=O)C[NH2+][C@@H](C)c2cccc(Cl)c2)c1. The molecule has 1 atom stereocenters. The Hall–Kier alpha value is -2.57. The maximum atomic E-state index is 12.3. The molecule has 0 bridgehead atoms. The van der Waals surface area contributed by atoms with Crippen molar-refractivity contribution in [3.05, 3.63) is 59.1 Å². The van der Waals surface area contributed by atoms with E-state index in [2.05, 4.69) is 5.32 Å². The van der Waals surface area contributed by atoms with Gasteiger partial charge in [0.15, 0.2) is 6.54 Å². The van der Waals surface area contributed by atoms with Crippen LogP contribution in [0.2, 0.25) is 5.02 Å². The van der Waals surface area contributed by atoms with Gasteiger partial charge in [-0.2, -0.15) is 0 Å². The Morgan fingerprint density at radius 3 is 2.67 bits per heavy atom. The first-order valence-electron chi connectivity index (χ1n) is 8.65. The van der Waals surface area contributed by atoms with Crippen molar-refractivity contribution in [3.8, 4) is 5.75 Å². The molecular weight excluding hydrogens is 366 g/mol. The van der Waals surface area contributed by atoms with Crippen LogP contribution in [0.4, 0.5) is 5.69 Å². The molecule has 3 N–H and O–H groups in total. The fraction of sp³-hybridized carbons (Fsp3) is 0.300.